The number of amidine groups is 1. The molecule has 0 bridgehead atoms. The van der Waals surface area contributed by atoms with E-state index < -0.39 is 4.92 Å². The fraction of sp³-hybridized carbons (Fsp3) is 0.118. The average molecular weight is 320 g/mol. The van der Waals surface area contributed by atoms with Crippen molar-refractivity contribution in [2.24, 2.45) is 9.98 Å². The third-order valence-corrected chi connectivity index (χ3v) is 4.02. The zero-order valence-corrected chi connectivity index (χ0v) is 12.5. The minimum absolute atomic E-state index is 0.0376. The topological polar surface area (TPSA) is 88.2 Å². The van der Waals surface area contributed by atoms with E-state index in [1.165, 1.54) is 17.0 Å². The third kappa shape index (κ3) is 2.18. The molecule has 1 amide bonds. The van der Waals surface area contributed by atoms with E-state index >= 15 is 0 Å². The first kappa shape index (κ1) is 14.3. The van der Waals surface area contributed by atoms with Gasteiger partial charge >= 0.3 is 0 Å². The summed E-state index contributed by atoms with van der Waals surface area (Å²) in [6.07, 6.45) is 0. The van der Waals surface area contributed by atoms with Crippen LogP contribution in [-0.4, -0.2) is 35.5 Å². The molecule has 0 aliphatic carbocycles. The molecule has 0 aromatic heterocycles. The molecule has 0 N–H and O–H groups in total. The van der Waals surface area contributed by atoms with Crippen molar-refractivity contribution in [1.29, 1.82) is 0 Å². The Hall–Kier alpha value is -3.35. The van der Waals surface area contributed by atoms with Crippen molar-refractivity contribution in [3.63, 3.8) is 0 Å². The number of amides is 1. The predicted molar refractivity (Wildman–Crippen MR) is 89.8 cm³/mol. The molecule has 0 atom stereocenters. The van der Waals surface area contributed by atoms with E-state index in [-0.39, 0.29) is 24.7 Å². The molecule has 7 heteroatoms. The SMILES string of the molecule is O=C1CN=C2CN=C(c3ccccc3)c3cc([N+](=O)[O-])ccc3N12. The van der Waals surface area contributed by atoms with Crippen LogP contribution in [0.25, 0.3) is 0 Å². The molecule has 0 saturated heterocycles. The molecule has 2 aromatic carbocycles. The lowest BCUT2D eigenvalue weighted by atomic mass is 9.99. The zero-order chi connectivity index (χ0) is 16.7. The second-order valence-electron chi connectivity index (χ2n) is 5.45. The monoisotopic (exact) mass is 320 g/mol. The maximum atomic E-state index is 12.2. The number of fused-ring (bicyclic) bond motifs is 3. The highest BCUT2D eigenvalue weighted by molar-refractivity contribution is 6.28. The van der Waals surface area contributed by atoms with Gasteiger partial charge in [-0.15, -0.1) is 0 Å². The molecular formula is C17H12N4O3. The van der Waals surface area contributed by atoms with E-state index in [1.807, 2.05) is 30.3 Å². The summed E-state index contributed by atoms with van der Waals surface area (Å²) in [5.74, 6) is 0.422. The number of nitro groups is 1. The molecule has 2 aliphatic heterocycles. The number of nitro benzene ring substituents is 1. The molecule has 0 saturated carbocycles. The summed E-state index contributed by atoms with van der Waals surface area (Å²) in [5.41, 5.74) is 2.58. The smallest absolute Gasteiger partial charge is 0.270 e. The first-order valence-corrected chi connectivity index (χ1v) is 7.40. The minimum Gasteiger partial charge on any atom is -0.276 e. The van der Waals surface area contributed by atoms with Crippen molar-refractivity contribution >= 4 is 28.8 Å². The zero-order valence-electron chi connectivity index (χ0n) is 12.5. The van der Waals surface area contributed by atoms with Crippen molar-refractivity contribution in [1.82, 2.24) is 0 Å². The molecule has 7 nitrogen and oxygen atoms in total. The Morgan fingerprint density at radius 1 is 1.04 bits per heavy atom. The Balaban J connectivity index is 1.97. The Morgan fingerprint density at radius 2 is 1.83 bits per heavy atom. The van der Waals surface area contributed by atoms with Crippen LogP contribution in [0.5, 0.6) is 0 Å². The summed E-state index contributed by atoms with van der Waals surface area (Å²) >= 11 is 0. The number of non-ortho nitro benzene ring substituents is 1. The average Bonchev–Trinajstić information content (AvgIpc) is 2.87. The van der Waals surface area contributed by atoms with Crippen LogP contribution in [-0.2, 0) is 4.79 Å². The molecule has 0 radical (unpaired) electrons. The Kier molecular flexibility index (Phi) is 3.19. The van der Waals surface area contributed by atoms with Gasteiger partial charge in [0.15, 0.2) is 0 Å². The number of carbonyl (C=O) groups excluding carboxylic acids is 1. The summed E-state index contributed by atoms with van der Waals surface area (Å²) in [5, 5.41) is 11.2. The first-order chi connectivity index (χ1) is 11.6. The number of hydrogen-bond donors (Lipinski definition) is 0. The van der Waals surface area contributed by atoms with Crippen LogP contribution in [0.4, 0.5) is 11.4 Å². The first-order valence-electron chi connectivity index (χ1n) is 7.40. The molecule has 4 rings (SSSR count). The van der Waals surface area contributed by atoms with Crippen LogP contribution in [0.2, 0.25) is 0 Å². The van der Waals surface area contributed by atoms with Gasteiger partial charge in [-0.05, 0) is 6.07 Å². The van der Waals surface area contributed by atoms with Crippen molar-refractivity contribution in [3.8, 4) is 0 Å². The van der Waals surface area contributed by atoms with E-state index in [9.17, 15) is 14.9 Å². The second kappa shape index (κ2) is 5.38. The normalized spacial score (nSPS) is 16.0. The highest BCUT2D eigenvalue weighted by Gasteiger charge is 2.32. The van der Waals surface area contributed by atoms with Gasteiger partial charge in [0, 0.05) is 23.3 Å². The lowest BCUT2D eigenvalue weighted by Crippen LogP contribution is -2.33. The number of carbonyl (C=O) groups is 1. The van der Waals surface area contributed by atoms with Gasteiger partial charge in [0.25, 0.3) is 11.6 Å². The van der Waals surface area contributed by atoms with Gasteiger partial charge in [0.2, 0.25) is 0 Å². The molecule has 118 valence electrons. The standard InChI is InChI=1S/C17H12N4O3/c22-16-10-18-15-9-19-17(11-4-2-1-3-5-11)13-8-12(21(23)24)6-7-14(13)20(15)16/h1-8H,9-10H2. The van der Waals surface area contributed by atoms with E-state index in [4.69, 9.17) is 0 Å². The van der Waals surface area contributed by atoms with Crippen LogP contribution >= 0.6 is 0 Å². The largest absolute Gasteiger partial charge is 0.276 e. The number of rotatable bonds is 2. The van der Waals surface area contributed by atoms with Gasteiger partial charge in [-0.25, -0.2) is 0 Å². The summed E-state index contributed by atoms with van der Waals surface area (Å²) in [6, 6.07) is 13.9. The molecule has 2 aromatic rings. The second-order valence-corrected chi connectivity index (χ2v) is 5.45. The number of nitrogens with zero attached hydrogens (tertiary/aromatic N) is 4. The van der Waals surface area contributed by atoms with E-state index in [0.717, 1.165) is 5.56 Å². The summed E-state index contributed by atoms with van der Waals surface area (Å²) in [7, 11) is 0. The van der Waals surface area contributed by atoms with Gasteiger partial charge < -0.3 is 0 Å². The Morgan fingerprint density at radius 3 is 2.58 bits per heavy atom. The predicted octanol–water partition coefficient (Wildman–Crippen LogP) is 2.19. The van der Waals surface area contributed by atoms with Crippen LogP contribution in [0.1, 0.15) is 11.1 Å². The van der Waals surface area contributed by atoms with Gasteiger partial charge in [0.1, 0.15) is 12.4 Å². The van der Waals surface area contributed by atoms with Gasteiger partial charge in [-0.2, -0.15) is 0 Å². The van der Waals surface area contributed by atoms with E-state index in [2.05, 4.69) is 9.98 Å². The maximum Gasteiger partial charge on any atom is 0.270 e. The summed E-state index contributed by atoms with van der Waals surface area (Å²) < 4.78 is 0. The fourth-order valence-electron chi connectivity index (χ4n) is 2.94. The van der Waals surface area contributed by atoms with Gasteiger partial charge in [-0.1, -0.05) is 30.3 Å². The Bertz CT molecular complexity index is 919. The lowest BCUT2D eigenvalue weighted by molar-refractivity contribution is -0.384. The van der Waals surface area contributed by atoms with Crippen molar-refractivity contribution in [2.45, 2.75) is 0 Å². The van der Waals surface area contributed by atoms with Crippen LogP contribution in [0.15, 0.2) is 58.5 Å². The van der Waals surface area contributed by atoms with Crippen molar-refractivity contribution in [3.05, 3.63) is 69.8 Å². The number of hydrogen-bond acceptors (Lipinski definition) is 5. The number of anilines is 1. The number of aliphatic imine (C=N–C) groups is 2. The maximum absolute atomic E-state index is 12.2. The van der Waals surface area contributed by atoms with Gasteiger partial charge in [0.05, 0.1) is 22.9 Å². The third-order valence-electron chi connectivity index (χ3n) is 4.02. The molecular weight excluding hydrogens is 308 g/mol. The minimum atomic E-state index is -0.450. The number of benzene rings is 2. The van der Waals surface area contributed by atoms with E-state index in [1.54, 1.807) is 6.07 Å². The quantitative estimate of drug-likeness (QED) is 0.627. The molecule has 0 fully saturated rings. The Labute approximate surface area is 137 Å². The molecule has 2 aliphatic rings. The summed E-state index contributed by atoms with van der Waals surface area (Å²) in [4.78, 5) is 33.3. The summed E-state index contributed by atoms with van der Waals surface area (Å²) in [6.45, 7) is 0.348. The van der Waals surface area contributed by atoms with Gasteiger partial charge in [-0.3, -0.25) is 29.8 Å². The highest BCUT2D eigenvalue weighted by atomic mass is 16.6. The van der Waals surface area contributed by atoms with Crippen LogP contribution < -0.4 is 4.90 Å². The van der Waals surface area contributed by atoms with Crippen LogP contribution in [0.3, 0.4) is 0 Å². The van der Waals surface area contributed by atoms with E-state index in [0.29, 0.717) is 22.8 Å². The fourth-order valence-corrected chi connectivity index (χ4v) is 2.94. The van der Waals surface area contributed by atoms with Crippen molar-refractivity contribution in [2.75, 3.05) is 18.0 Å². The lowest BCUT2D eigenvalue weighted by Gasteiger charge is -2.18. The molecule has 0 spiro atoms. The van der Waals surface area contributed by atoms with Crippen molar-refractivity contribution < 1.29 is 9.72 Å². The molecule has 24 heavy (non-hydrogen) atoms. The molecule has 0 unspecified atom stereocenters. The van der Waals surface area contributed by atoms with Crippen LogP contribution in [0, 0.1) is 10.1 Å². The molecule has 2 heterocycles. The highest BCUT2D eigenvalue weighted by Crippen LogP contribution is 2.32.